The lowest BCUT2D eigenvalue weighted by Crippen LogP contribution is -2.52. The van der Waals surface area contributed by atoms with Crippen LogP contribution in [0.1, 0.15) is 58.8 Å². The maximum atomic E-state index is 13.2. The molecule has 2 aliphatic heterocycles. The van der Waals surface area contributed by atoms with E-state index in [1.165, 1.54) is 0 Å². The van der Waals surface area contributed by atoms with Gasteiger partial charge in [-0.25, -0.2) is 0 Å². The maximum absolute atomic E-state index is 13.2. The van der Waals surface area contributed by atoms with Crippen molar-refractivity contribution in [2.45, 2.75) is 77.2 Å². The molecular weight excluding hydrogens is 443 g/mol. The minimum atomic E-state index is -4.99. The van der Waals surface area contributed by atoms with Crippen molar-refractivity contribution in [2.75, 3.05) is 19.7 Å². The van der Waals surface area contributed by atoms with Gasteiger partial charge in [-0.3, -0.25) is 23.9 Å². The lowest BCUT2D eigenvalue weighted by Gasteiger charge is -2.27. The fourth-order valence-corrected chi connectivity index (χ4v) is 4.59. The molecule has 2 N–H and O–H groups in total. The number of hydrogen-bond donors (Lipinski definition) is 2. The van der Waals surface area contributed by atoms with Gasteiger partial charge in [-0.1, -0.05) is 13.8 Å². The Kier molecular flexibility index (Phi) is 7.70. The van der Waals surface area contributed by atoms with Crippen LogP contribution in [-0.2, 0) is 23.9 Å². The highest BCUT2D eigenvalue weighted by Crippen LogP contribution is 2.55. The van der Waals surface area contributed by atoms with Crippen molar-refractivity contribution in [1.29, 1.82) is 0 Å². The number of ketones is 1. The van der Waals surface area contributed by atoms with E-state index in [1.54, 1.807) is 4.90 Å². The van der Waals surface area contributed by atoms with Crippen LogP contribution in [-0.4, -0.2) is 66.5 Å². The van der Waals surface area contributed by atoms with Gasteiger partial charge in [-0.2, -0.15) is 0 Å². The minimum absolute atomic E-state index is 0.0836. The second-order valence-corrected chi connectivity index (χ2v) is 9.95. The van der Waals surface area contributed by atoms with Crippen LogP contribution in [0.3, 0.4) is 0 Å². The molecule has 186 valence electrons. The number of alkyl halides is 3. The number of ether oxygens (including phenoxy) is 1. The third-order valence-electron chi connectivity index (χ3n) is 6.79. The van der Waals surface area contributed by atoms with E-state index in [1.807, 2.05) is 13.8 Å². The smallest absolute Gasteiger partial charge is 0.356 e. The van der Waals surface area contributed by atoms with Gasteiger partial charge in [0.1, 0.15) is 12.6 Å². The Bertz CT molecular complexity index is 782. The molecule has 3 aliphatic rings. The predicted molar refractivity (Wildman–Crippen MR) is 111 cm³/mol. The second-order valence-electron chi connectivity index (χ2n) is 9.95. The van der Waals surface area contributed by atoms with Crippen molar-refractivity contribution in [3.8, 4) is 0 Å². The van der Waals surface area contributed by atoms with Crippen molar-refractivity contribution in [1.82, 2.24) is 15.5 Å². The Morgan fingerprint density at radius 1 is 1.27 bits per heavy atom. The highest BCUT2D eigenvalue weighted by Gasteiger charge is 2.55. The molecule has 0 aromatic heterocycles. The topological polar surface area (TPSA) is 105 Å². The number of rotatable bonds is 10. The largest absolute Gasteiger partial charge is 0.522 e. The van der Waals surface area contributed by atoms with Crippen LogP contribution in [0.15, 0.2) is 0 Å². The molecule has 1 aliphatic carbocycles. The lowest BCUT2D eigenvalue weighted by molar-refractivity contribution is -0.321. The number of nitrogens with one attached hydrogen (secondary N) is 2. The summed E-state index contributed by atoms with van der Waals surface area (Å²) in [4.78, 5) is 52.0. The van der Waals surface area contributed by atoms with E-state index in [0.717, 1.165) is 12.8 Å². The van der Waals surface area contributed by atoms with Crippen molar-refractivity contribution >= 4 is 23.5 Å². The molecule has 0 aromatic carbocycles. The van der Waals surface area contributed by atoms with E-state index in [4.69, 9.17) is 0 Å². The van der Waals surface area contributed by atoms with Crippen LogP contribution in [0.25, 0.3) is 0 Å². The fourth-order valence-electron chi connectivity index (χ4n) is 4.59. The fraction of sp³-hybridized carbons (Fsp3) is 0.818. The van der Waals surface area contributed by atoms with Crippen molar-refractivity contribution < 1.29 is 37.1 Å². The minimum Gasteiger partial charge on any atom is -0.356 e. The maximum Gasteiger partial charge on any atom is 0.522 e. The first-order valence-corrected chi connectivity index (χ1v) is 11.5. The first kappa shape index (κ1) is 25.5. The highest BCUT2D eigenvalue weighted by atomic mass is 19.4. The summed E-state index contributed by atoms with van der Waals surface area (Å²) in [7, 11) is 0. The third-order valence-corrected chi connectivity index (χ3v) is 6.79. The summed E-state index contributed by atoms with van der Waals surface area (Å²) in [6, 6.07) is -2.08. The number of likely N-dealkylation sites (tertiary alicyclic amines) is 1. The third kappa shape index (κ3) is 6.91. The Balaban J connectivity index is 1.69. The summed E-state index contributed by atoms with van der Waals surface area (Å²) in [5, 5.41) is 5.16. The van der Waals surface area contributed by atoms with Crippen molar-refractivity contribution in [3.63, 3.8) is 0 Å². The summed E-state index contributed by atoms with van der Waals surface area (Å²) in [6.07, 6.45) is -1.40. The van der Waals surface area contributed by atoms with Crippen LogP contribution < -0.4 is 10.6 Å². The van der Waals surface area contributed by atoms with Gasteiger partial charge in [0.05, 0.1) is 6.04 Å². The Morgan fingerprint density at radius 3 is 2.52 bits per heavy atom. The van der Waals surface area contributed by atoms with Gasteiger partial charge in [0.25, 0.3) is 0 Å². The number of amides is 3. The van der Waals surface area contributed by atoms with Gasteiger partial charge in [-0.15, -0.1) is 13.2 Å². The summed E-state index contributed by atoms with van der Waals surface area (Å²) < 4.78 is 41.0. The standard InChI is InChI=1S/C22H32F3N3O5/c1-13(2)3-4-18(30)28-12-21(6-7-21)10-16(28)20(32)27-15(9-14-5-8-26-19(14)31)17(29)11-33-22(23,24)25/h13-16H,3-12H2,1-2H3,(H,26,31)(H,27,32)/t14-,15-,16-/m0/s1. The molecule has 3 fully saturated rings. The van der Waals surface area contributed by atoms with E-state index in [-0.39, 0.29) is 23.7 Å². The number of halogens is 3. The van der Waals surface area contributed by atoms with Gasteiger partial charge in [0.15, 0.2) is 5.78 Å². The SMILES string of the molecule is CC(C)CCC(=O)N1CC2(CC2)C[C@H]1C(=O)N[C@@H](C[C@@H]1CCNC1=O)C(=O)COC(F)(F)F. The normalized spacial score (nSPS) is 24.8. The van der Waals surface area contributed by atoms with Crippen molar-refractivity contribution in [3.05, 3.63) is 0 Å². The quantitative estimate of drug-likeness (QED) is 0.502. The molecule has 3 amide bonds. The van der Waals surface area contributed by atoms with Gasteiger partial charge in [0, 0.05) is 25.4 Å². The molecule has 3 rings (SSSR count). The van der Waals surface area contributed by atoms with E-state index >= 15 is 0 Å². The molecule has 1 spiro atoms. The van der Waals surface area contributed by atoms with E-state index in [9.17, 15) is 32.3 Å². The molecule has 2 heterocycles. The molecule has 8 nitrogen and oxygen atoms in total. The highest BCUT2D eigenvalue weighted by molar-refractivity contribution is 5.94. The zero-order valence-corrected chi connectivity index (χ0v) is 19.0. The molecule has 2 saturated heterocycles. The number of Topliss-reactive ketones (excluding diaryl/α,β-unsaturated/α-hetero) is 1. The van der Waals surface area contributed by atoms with E-state index in [2.05, 4.69) is 15.4 Å². The monoisotopic (exact) mass is 475 g/mol. The molecule has 0 unspecified atom stereocenters. The zero-order chi connectivity index (χ0) is 24.4. The number of hydrogen-bond acceptors (Lipinski definition) is 5. The van der Waals surface area contributed by atoms with E-state index < -0.39 is 42.7 Å². The number of nitrogens with zero attached hydrogens (tertiary/aromatic N) is 1. The predicted octanol–water partition coefficient (Wildman–Crippen LogP) is 1.92. The van der Waals surface area contributed by atoms with Crippen LogP contribution in [0.5, 0.6) is 0 Å². The number of carbonyl (C=O) groups is 4. The molecule has 33 heavy (non-hydrogen) atoms. The van der Waals surface area contributed by atoms with Gasteiger partial charge < -0.3 is 15.5 Å². The molecule has 3 atom stereocenters. The summed E-state index contributed by atoms with van der Waals surface area (Å²) in [5.74, 6) is -2.23. The average molecular weight is 476 g/mol. The molecule has 1 saturated carbocycles. The summed E-state index contributed by atoms with van der Waals surface area (Å²) in [5.41, 5.74) is -0.0836. The molecular formula is C22H32F3N3O5. The Morgan fingerprint density at radius 2 is 1.97 bits per heavy atom. The van der Waals surface area contributed by atoms with Crippen LogP contribution in [0, 0.1) is 17.3 Å². The summed E-state index contributed by atoms with van der Waals surface area (Å²) >= 11 is 0. The zero-order valence-electron chi connectivity index (χ0n) is 19.0. The van der Waals surface area contributed by atoms with Gasteiger partial charge >= 0.3 is 6.36 Å². The average Bonchev–Trinajstić information content (AvgIpc) is 3.18. The lowest BCUT2D eigenvalue weighted by atomic mass is 9.95. The molecule has 0 radical (unpaired) electrons. The first-order valence-electron chi connectivity index (χ1n) is 11.5. The molecule has 11 heteroatoms. The van der Waals surface area contributed by atoms with Crippen LogP contribution in [0.2, 0.25) is 0 Å². The summed E-state index contributed by atoms with van der Waals surface area (Å²) in [6.45, 7) is 3.63. The first-order chi connectivity index (χ1) is 15.4. The molecule has 0 bridgehead atoms. The Labute approximate surface area is 191 Å². The van der Waals surface area contributed by atoms with Gasteiger partial charge in [-0.05, 0) is 49.9 Å². The number of carbonyl (C=O) groups excluding carboxylic acids is 4. The molecule has 0 aromatic rings. The van der Waals surface area contributed by atoms with E-state index in [0.29, 0.717) is 44.7 Å². The van der Waals surface area contributed by atoms with Crippen LogP contribution in [0.4, 0.5) is 13.2 Å². The van der Waals surface area contributed by atoms with Gasteiger partial charge in [0.2, 0.25) is 17.7 Å². The Hall–Kier alpha value is -2.17. The van der Waals surface area contributed by atoms with Crippen LogP contribution >= 0.6 is 0 Å². The second kappa shape index (κ2) is 9.99. The van der Waals surface area contributed by atoms with Crippen molar-refractivity contribution in [2.24, 2.45) is 17.3 Å².